The van der Waals surface area contributed by atoms with Gasteiger partial charge in [0.25, 0.3) is 9.04 Å². The Kier molecular flexibility index (Phi) is 4.85. The maximum atomic E-state index is 11.5. The Hall–Kier alpha value is -1.09. The normalized spacial score (nSPS) is 12.7. The minimum Gasteiger partial charge on any atom is -0.542 e. The van der Waals surface area contributed by atoms with E-state index < -0.39 is 9.04 Å². The lowest BCUT2D eigenvalue weighted by atomic mass is 9.79. The average molecular weight is 291 g/mol. The van der Waals surface area contributed by atoms with Crippen LogP contribution in [0.3, 0.4) is 0 Å². The van der Waals surface area contributed by atoms with Crippen molar-refractivity contribution in [2.45, 2.75) is 65.5 Å². The molecule has 0 saturated heterocycles. The van der Waals surface area contributed by atoms with Crippen LogP contribution in [0.5, 0.6) is 5.75 Å². The summed E-state index contributed by atoms with van der Waals surface area (Å²) in [5.41, 5.74) is 2.94. The van der Waals surface area contributed by atoms with E-state index in [4.69, 9.17) is 4.43 Å². The molecule has 0 N–H and O–H groups in total. The predicted molar refractivity (Wildman–Crippen MR) is 87.3 cm³/mol. The molecule has 0 fully saturated rings. The molecule has 1 radical (unpaired) electrons. The molecule has 0 aliphatic heterocycles. The van der Waals surface area contributed by atoms with E-state index in [0.717, 1.165) is 17.6 Å². The van der Waals surface area contributed by atoms with Gasteiger partial charge in [-0.3, -0.25) is 4.79 Å². The van der Waals surface area contributed by atoms with Crippen LogP contribution < -0.4 is 4.43 Å². The molecule has 20 heavy (non-hydrogen) atoms. The van der Waals surface area contributed by atoms with Gasteiger partial charge in [0.15, 0.2) is 6.29 Å². The molecule has 0 spiro atoms. The Morgan fingerprint density at radius 2 is 1.55 bits per heavy atom. The molecule has 0 heterocycles. The Morgan fingerprint density at radius 3 is 1.90 bits per heavy atom. The summed E-state index contributed by atoms with van der Waals surface area (Å²) in [6.07, 6.45) is 0.921. The highest BCUT2D eigenvalue weighted by Crippen LogP contribution is 2.38. The van der Waals surface area contributed by atoms with Gasteiger partial charge in [-0.15, -0.1) is 0 Å². The fraction of sp³-hybridized carbons (Fsp3) is 0.588. The fourth-order valence-electron chi connectivity index (χ4n) is 2.05. The Balaban J connectivity index is 3.61. The summed E-state index contributed by atoms with van der Waals surface area (Å²) in [4.78, 5) is 11.5. The molecule has 0 bridgehead atoms. The van der Waals surface area contributed by atoms with Gasteiger partial charge in [-0.2, -0.15) is 0 Å². The van der Waals surface area contributed by atoms with Crippen molar-refractivity contribution in [3.63, 3.8) is 0 Å². The van der Waals surface area contributed by atoms with Gasteiger partial charge in [-0.25, -0.2) is 0 Å². The number of hydrogen-bond donors (Lipinski definition) is 0. The quantitative estimate of drug-likeness (QED) is 0.595. The number of rotatable bonds is 3. The molecule has 111 valence electrons. The van der Waals surface area contributed by atoms with Crippen LogP contribution in [-0.4, -0.2) is 15.3 Å². The minimum atomic E-state index is -0.907. The summed E-state index contributed by atoms with van der Waals surface area (Å²) >= 11 is 0. The summed E-state index contributed by atoms with van der Waals surface area (Å²) in [5, 5.41) is 0. The second-order valence-corrected chi connectivity index (χ2v) is 9.59. The van der Waals surface area contributed by atoms with Crippen LogP contribution in [0, 0.1) is 0 Å². The van der Waals surface area contributed by atoms with Crippen molar-refractivity contribution in [2.75, 3.05) is 0 Å². The van der Waals surface area contributed by atoms with Crippen molar-refractivity contribution >= 4 is 15.3 Å². The smallest absolute Gasteiger partial charge is 0.274 e. The third kappa shape index (κ3) is 3.95. The van der Waals surface area contributed by atoms with E-state index in [9.17, 15) is 4.79 Å². The fourth-order valence-corrected chi connectivity index (χ4v) is 2.68. The van der Waals surface area contributed by atoms with Gasteiger partial charge in [-0.1, -0.05) is 47.6 Å². The topological polar surface area (TPSA) is 26.3 Å². The molecule has 0 aliphatic rings. The van der Waals surface area contributed by atoms with E-state index in [2.05, 4.69) is 60.7 Å². The van der Waals surface area contributed by atoms with Gasteiger partial charge < -0.3 is 4.43 Å². The highest BCUT2D eigenvalue weighted by Gasteiger charge is 2.26. The molecule has 0 aliphatic carbocycles. The first-order valence-electron chi connectivity index (χ1n) is 7.09. The number of carbonyl (C=O) groups excluding carboxylic acids is 1. The van der Waals surface area contributed by atoms with Gasteiger partial charge in [0.05, 0.1) is 5.56 Å². The van der Waals surface area contributed by atoms with E-state index in [-0.39, 0.29) is 10.8 Å². The molecule has 0 atom stereocenters. The minimum absolute atomic E-state index is 0.0164. The molecule has 2 nitrogen and oxygen atoms in total. The first-order valence-corrected chi connectivity index (χ1v) is 9.50. The zero-order chi connectivity index (χ0) is 15.7. The number of hydrogen-bond acceptors (Lipinski definition) is 2. The van der Waals surface area contributed by atoms with E-state index >= 15 is 0 Å². The van der Waals surface area contributed by atoms with Crippen LogP contribution in [0.1, 0.15) is 63.0 Å². The van der Waals surface area contributed by atoms with Crippen molar-refractivity contribution in [3.8, 4) is 5.75 Å². The molecular formula is C17H27O2Si. The lowest BCUT2D eigenvalue weighted by molar-refractivity contribution is 0.112. The maximum absolute atomic E-state index is 11.5. The van der Waals surface area contributed by atoms with Gasteiger partial charge >= 0.3 is 0 Å². The zero-order valence-electron chi connectivity index (χ0n) is 14.0. The molecule has 0 saturated carbocycles. The molecular weight excluding hydrogens is 264 g/mol. The first-order chi connectivity index (χ1) is 8.96. The second kappa shape index (κ2) is 5.72. The van der Waals surface area contributed by atoms with Crippen molar-refractivity contribution < 1.29 is 9.22 Å². The van der Waals surface area contributed by atoms with Crippen molar-refractivity contribution in [3.05, 3.63) is 28.8 Å². The first kappa shape index (κ1) is 17.0. The summed E-state index contributed by atoms with van der Waals surface area (Å²) in [6, 6.07) is 4.18. The standard InChI is InChI=1S/C17H27O2Si/c1-16(2,3)13-9-12(11-18)15(19-20(7)8)14(10-13)17(4,5)6/h9-11H,1-8H3. The maximum Gasteiger partial charge on any atom is 0.274 e. The van der Waals surface area contributed by atoms with Crippen molar-refractivity contribution in [1.29, 1.82) is 0 Å². The molecule has 1 rings (SSSR count). The van der Waals surface area contributed by atoms with E-state index in [1.54, 1.807) is 0 Å². The summed E-state index contributed by atoms with van der Waals surface area (Å²) in [7, 11) is -0.907. The van der Waals surface area contributed by atoms with Crippen molar-refractivity contribution in [1.82, 2.24) is 0 Å². The van der Waals surface area contributed by atoms with Crippen LogP contribution in [0.2, 0.25) is 13.1 Å². The number of carbonyl (C=O) groups is 1. The molecule has 3 heteroatoms. The SMILES string of the molecule is C[Si](C)Oc1c(C=O)cc(C(C)(C)C)cc1C(C)(C)C. The number of aldehydes is 1. The third-order valence-corrected chi connectivity index (χ3v) is 3.84. The van der Waals surface area contributed by atoms with E-state index in [1.807, 2.05) is 6.07 Å². The van der Waals surface area contributed by atoms with E-state index in [0.29, 0.717) is 5.56 Å². The monoisotopic (exact) mass is 291 g/mol. The highest BCUT2D eigenvalue weighted by atomic mass is 28.3. The van der Waals surface area contributed by atoms with Gasteiger partial charge in [0.1, 0.15) is 5.75 Å². The predicted octanol–water partition coefficient (Wildman–Crippen LogP) is 4.72. The Labute approximate surface area is 125 Å². The van der Waals surface area contributed by atoms with E-state index in [1.165, 1.54) is 5.56 Å². The molecule has 0 unspecified atom stereocenters. The second-order valence-electron chi connectivity index (χ2n) is 7.57. The van der Waals surface area contributed by atoms with Crippen LogP contribution in [0.4, 0.5) is 0 Å². The Bertz CT molecular complexity index is 491. The lowest BCUT2D eigenvalue weighted by Crippen LogP contribution is -2.22. The molecule has 0 aromatic heterocycles. The van der Waals surface area contributed by atoms with Crippen LogP contribution in [0.15, 0.2) is 12.1 Å². The van der Waals surface area contributed by atoms with Gasteiger partial charge in [-0.05, 0) is 41.1 Å². The van der Waals surface area contributed by atoms with Crippen LogP contribution >= 0.6 is 0 Å². The largest absolute Gasteiger partial charge is 0.542 e. The summed E-state index contributed by atoms with van der Waals surface area (Å²) in [5.74, 6) is 0.777. The summed E-state index contributed by atoms with van der Waals surface area (Å²) < 4.78 is 6.03. The molecule has 1 aromatic rings. The zero-order valence-corrected chi connectivity index (χ0v) is 15.0. The van der Waals surface area contributed by atoms with Crippen LogP contribution in [0.25, 0.3) is 0 Å². The third-order valence-electron chi connectivity index (χ3n) is 3.22. The van der Waals surface area contributed by atoms with Crippen LogP contribution in [-0.2, 0) is 10.8 Å². The number of benzene rings is 1. The summed E-state index contributed by atoms with van der Waals surface area (Å²) in [6.45, 7) is 17.2. The van der Waals surface area contributed by atoms with Gasteiger partial charge in [0, 0.05) is 0 Å². The highest BCUT2D eigenvalue weighted by molar-refractivity contribution is 6.49. The van der Waals surface area contributed by atoms with Gasteiger partial charge in [0.2, 0.25) is 0 Å². The average Bonchev–Trinajstić information content (AvgIpc) is 2.25. The lowest BCUT2D eigenvalue weighted by Gasteiger charge is -2.29. The Morgan fingerprint density at radius 1 is 1.00 bits per heavy atom. The molecule has 1 aromatic carbocycles. The van der Waals surface area contributed by atoms with Crippen molar-refractivity contribution in [2.24, 2.45) is 0 Å². The molecule has 0 amide bonds.